The first-order valence-corrected chi connectivity index (χ1v) is 6.87. The predicted molar refractivity (Wildman–Crippen MR) is 79.9 cm³/mol. The lowest BCUT2D eigenvalue weighted by Crippen LogP contribution is -2.26. The maximum atomic E-state index is 12.0. The maximum Gasteiger partial charge on any atom is 0.270 e. The van der Waals surface area contributed by atoms with E-state index in [0.717, 1.165) is 24.2 Å². The third kappa shape index (κ3) is 3.77. The number of hydrogen-bond acceptors (Lipinski definition) is 5. The molecular weight excluding hydrogens is 268 g/mol. The van der Waals surface area contributed by atoms with Gasteiger partial charge in [0.05, 0.1) is 5.69 Å². The summed E-state index contributed by atoms with van der Waals surface area (Å²) in [5, 5.41) is 9.95. The Labute approximate surface area is 123 Å². The summed E-state index contributed by atoms with van der Waals surface area (Å²) in [4.78, 5) is 19.8. The lowest BCUT2D eigenvalue weighted by atomic mass is 10.1. The van der Waals surface area contributed by atoms with Gasteiger partial charge in [-0.05, 0) is 45.2 Å². The summed E-state index contributed by atoms with van der Waals surface area (Å²) in [5.41, 5.74) is 9.82. The molecule has 2 rings (SSSR count). The Bertz CT molecular complexity index is 609. The molecule has 0 bridgehead atoms. The van der Waals surface area contributed by atoms with Crippen LogP contribution < -0.4 is 11.1 Å². The molecule has 0 atom stereocenters. The van der Waals surface area contributed by atoms with Crippen molar-refractivity contribution in [2.45, 2.75) is 33.6 Å². The lowest BCUT2D eigenvalue weighted by Gasteiger charge is -2.06. The van der Waals surface area contributed by atoms with Crippen LogP contribution in [0.15, 0.2) is 6.07 Å². The largest absolute Gasteiger partial charge is 0.368 e. The number of anilines is 1. The molecule has 7 heteroatoms. The van der Waals surface area contributed by atoms with Crippen LogP contribution in [-0.4, -0.2) is 32.6 Å². The number of nitrogens with one attached hydrogen (secondary N) is 2. The van der Waals surface area contributed by atoms with Gasteiger partial charge in [0.2, 0.25) is 5.95 Å². The van der Waals surface area contributed by atoms with Crippen molar-refractivity contribution in [1.82, 2.24) is 25.5 Å². The SMILES string of the molecule is Cc1cc(C(=O)NCCCc2c(C)n[nH]c2C)nc(N)n1. The first-order valence-electron chi connectivity index (χ1n) is 6.87. The van der Waals surface area contributed by atoms with Crippen LogP contribution in [0.1, 0.15) is 39.6 Å². The van der Waals surface area contributed by atoms with Crippen LogP contribution >= 0.6 is 0 Å². The molecule has 0 aromatic carbocycles. The van der Waals surface area contributed by atoms with Crippen LogP contribution in [0.3, 0.4) is 0 Å². The number of H-pyrrole nitrogens is 1. The van der Waals surface area contributed by atoms with Crippen molar-refractivity contribution in [3.63, 3.8) is 0 Å². The van der Waals surface area contributed by atoms with Crippen molar-refractivity contribution < 1.29 is 4.79 Å². The highest BCUT2D eigenvalue weighted by molar-refractivity contribution is 5.92. The molecule has 0 saturated heterocycles. The number of nitrogen functional groups attached to an aromatic ring is 1. The van der Waals surface area contributed by atoms with E-state index in [1.165, 1.54) is 5.56 Å². The van der Waals surface area contributed by atoms with Gasteiger partial charge in [-0.15, -0.1) is 0 Å². The van der Waals surface area contributed by atoms with E-state index in [4.69, 9.17) is 5.73 Å². The second-order valence-electron chi connectivity index (χ2n) is 5.02. The topological polar surface area (TPSA) is 110 Å². The summed E-state index contributed by atoms with van der Waals surface area (Å²) in [6, 6.07) is 1.62. The van der Waals surface area contributed by atoms with Gasteiger partial charge >= 0.3 is 0 Å². The molecule has 112 valence electrons. The first kappa shape index (κ1) is 15.0. The summed E-state index contributed by atoms with van der Waals surface area (Å²) in [5.74, 6) is -0.113. The molecule has 0 aliphatic carbocycles. The van der Waals surface area contributed by atoms with E-state index in [-0.39, 0.29) is 11.9 Å². The first-order chi connectivity index (χ1) is 9.97. The van der Waals surface area contributed by atoms with E-state index in [1.54, 1.807) is 13.0 Å². The van der Waals surface area contributed by atoms with Crippen LogP contribution in [0, 0.1) is 20.8 Å². The molecule has 2 aromatic heterocycles. The predicted octanol–water partition coefficient (Wildman–Crippen LogP) is 1.07. The number of rotatable bonds is 5. The minimum Gasteiger partial charge on any atom is -0.368 e. The fraction of sp³-hybridized carbons (Fsp3) is 0.429. The van der Waals surface area contributed by atoms with E-state index < -0.39 is 0 Å². The summed E-state index contributed by atoms with van der Waals surface area (Å²) in [7, 11) is 0. The Morgan fingerprint density at radius 2 is 2.10 bits per heavy atom. The molecule has 0 aliphatic heterocycles. The van der Waals surface area contributed by atoms with Gasteiger partial charge in [-0.2, -0.15) is 5.10 Å². The average molecular weight is 288 g/mol. The van der Waals surface area contributed by atoms with Gasteiger partial charge < -0.3 is 11.1 Å². The van der Waals surface area contributed by atoms with Crippen LogP contribution in [0.2, 0.25) is 0 Å². The zero-order valence-corrected chi connectivity index (χ0v) is 12.5. The molecule has 7 nitrogen and oxygen atoms in total. The van der Waals surface area contributed by atoms with Gasteiger partial charge in [0.1, 0.15) is 5.69 Å². The fourth-order valence-corrected chi connectivity index (χ4v) is 2.21. The van der Waals surface area contributed by atoms with Gasteiger partial charge in [-0.3, -0.25) is 9.89 Å². The molecule has 2 aromatic rings. The lowest BCUT2D eigenvalue weighted by molar-refractivity contribution is 0.0948. The Morgan fingerprint density at radius 1 is 1.33 bits per heavy atom. The maximum absolute atomic E-state index is 12.0. The van der Waals surface area contributed by atoms with Gasteiger partial charge in [-0.25, -0.2) is 9.97 Å². The molecule has 0 unspecified atom stereocenters. The molecular formula is C14H20N6O. The molecule has 0 spiro atoms. The number of nitrogens with two attached hydrogens (primary N) is 1. The monoisotopic (exact) mass is 288 g/mol. The summed E-state index contributed by atoms with van der Waals surface area (Å²) in [6.07, 6.45) is 1.71. The zero-order chi connectivity index (χ0) is 15.4. The van der Waals surface area contributed by atoms with Crippen molar-refractivity contribution in [3.05, 3.63) is 34.4 Å². The third-order valence-corrected chi connectivity index (χ3v) is 3.27. The van der Waals surface area contributed by atoms with Crippen molar-refractivity contribution in [2.24, 2.45) is 0 Å². The number of carbonyl (C=O) groups is 1. The zero-order valence-electron chi connectivity index (χ0n) is 12.5. The van der Waals surface area contributed by atoms with Crippen molar-refractivity contribution in [1.29, 1.82) is 0 Å². The van der Waals surface area contributed by atoms with Gasteiger partial charge in [0, 0.05) is 17.9 Å². The van der Waals surface area contributed by atoms with E-state index >= 15 is 0 Å². The number of aromatic nitrogens is 4. The van der Waals surface area contributed by atoms with Crippen LogP contribution in [0.5, 0.6) is 0 Å². The van der Waals surface area contributed by atoms with Crippen LogP contribution in [0.4, 0.5) is 5.95 Å². The number of aromatic amines is 1. The molecule has 4 N–H and O–H groups in total. The van der Waals surface area contributed by atoms with E-state index in [0.29, 0.717) is 17.9 Å². The van der Waals surface area contributed by atoms with Crippen molar-refractivity contribution in [2.75, 3.05) is 12.3 Å². The third-order valence-electron chi connectivity index (χ3n) is 3.27. The molecule has 0 radical (unpaired) electrons. The minimum absolute atomic E-state index is 0.116. The quantitative estimate of drug-likeness (QED) is 0.713. The summed E-state index contributed by atoms with van der Waals surface area (Å²) < 4.78 is 0. The minimum atomic E-state index is -0.229. The van der Waals surface area contributed by atoms with Crippen LogP contribution in [0.25, 0.3) is 0 Å². The smallest absolute Gasteiger partial charge is 0.270 e. The molecule has 2 heterocycles. The van der Waals surface area contributed by atoms with E-state index in [2.05, 4.69) is 25.5 Å². The number of nitrogens with zero attached hydrogens (tertiary/aromatic N) is 3. The van der Waals surface area contributed by atoms with E-state index in [9.17, 15) is 4.79 Å². The molecule has 21 heavy (non-hydrogen) atoms. The summed E-state index contributed by atoms with van der Waals surface area (Å²) >= 11 is 0. The van der Waals surface area contributed by atoms with Gasteiger partial charge in [-0.1, -0.05) is 0 Å². The second kappa shape index (κ2) is 6.34. The number of hydrogen-bond donors (Lipinski definition) is 3. The fourth-order valence-electron chi connectivity index (χ4n) is 2.21. The highest BCUT2D eigenvalue weighted by Gasteiger charge is 2.10. The Kier molecular flexibility index (Phi) is 4.52. The number of aryl methyl sites for hydroxylation is 3. The van der Waals surface area contributed by atoms with Crippen molar-refractivity contribution >= 4 is 11.9 Å². The van der Waals surface area contributed by atoms with Gasteiger partial charge in [0.15, 0.2) is 0 Å². The van der Waals surface area contributed by atoms with E-state index in [1.807, 2.05) is 13.8 Å². The summed E-state index contributed by atoms with van der Waals surface area (Å²) in [6.45, 7) is 6.33. The average Bonchev–Trinajstić information content (AvgIpc) is 2.73. The number of carbonyl (C=O) groups excluding carboxylic acids is 1. The highest BCUT2D eigenvalue weighted by atomic mass is 16.1. The second-order valence-corrected chi connectivity index (χ2v) is 5.02. The molecule has 0 saturated carbocycles. The Hall–Kier alpha value is -2.44. The molecule has 1 amide bonds. The normalized spacial score (nSPS) is 10.6. The molecule has 0 aliphatic rings. The highest BCUT2D eigenvalue weighted by Crippen LogP contribution is 2.11. The van der Waals surface area contributed by atoms with Gasteiger partial charge in [0.25, 0.3) is 5.91 Å². The number of amides is 1. The Morgan fingerprint density at radius 3 is 2.71 bits per heavy atom. The molecule has 0 fully saturated rings. The van der Waals surface area contributed by atoms with Crippen LogP contribution in [-0.2, 0) is 6.42 Å². The standard InChI is InChI=1S/C14H20N6O/c1-8-7-12(18-14(15)17-8)13(21)16-6-4-5-11-9(2)19-20-10(11)3/h7H,4-6H2,1-3H3,(H,16,21)(H,19,20)(H2,15,17,18). The van der Waals surface area contributed by atoms with Crippen molar-refractivity contribution in [3.8, 4) is 0 Å². The Balaban J connectivity index is 1.85.